The van der Waals surface area contributed by atoms with Crippen molar-refractivity contribution in [3.05, 3.63) is 122 Å². The van der Waals surface area contributed by atoms with Gasteiger partial charge in [0.15, 0.2) is 0 Å². The average molecular weight is 533 g/mol. The summed E-state index contributed by atoms with van der Waals surface area (Å²) in [4.78, 5) is 12.0. The molecule has 4 heterocycles. The minimum absolute atomic E-state index is 0.772. The summed E-state index contributed by atoms with van der Waals surface area (Å²) in [7, 11) is 0. The molecule has 7 aromatic rings. The van der Waals surface area contributed by atoms with Crippen molar-refractivity contribution < 1.29 is 4.74 Å². The standard InChI is InChI=1S/C36H28N4O/c1-2-9-27-24-38-33(21-25(27)8-1)26-10-7-11-29(20-26)41-30-14-15-32-31-12-3-4-13-34(31)40(35(32)23-30)36-22-28(16-17-37-36)39-18-5-6-19-39/h1-4,7-17,20-24H,5-6,18-19H2. The van der Waals surface area contributed by atoms with Crippen LogP contribution in [-0.2, 0) is 0 Å². The van der Waals surface area contributed by atoms with Gasteiger partial charge in [-0.1, -0.05) is 54.6 Å². The van der Waals surface area contributed by atoms with Gasteiger partial charge in [0.25, 0.3) is 0 Å². The topological polar surface area (TPSA) is 43.2 Å². The summed E-state index contributed by atoms with van der Waals surface area (Å²) in [5.41, 5.74) is 5.38. The maximum atomic E-state index is 6.46. The van der Waals surface area contributed by atoms with Crippen LogP contribution in [0.4, 0.5) is 5.69 Å². The lowest BCUT2D eigenvalue weighted by Gasteiger charge is -2.18. The molecule has 1 aliphatic heterocycles. The largest absolute Gasteiger partial charge is 0.457 e. The highest BCUT2D eigenvalue weighted by atomic mass is 16.5. The zero-order chi connectivity index (χ0) is 27.2. The van der Waals surface area contributed by atoms with Crippen LogP contribution >= 0.6 is 0 Å². The Morgan fingerprint density at radius 2 is 1.41 bits per heavy atom. The van der Waals surface area contributed by atoms with Crippen molar-refractivity contribution in [2.24, 2.45) is 0 Å². The van der Waals surface area contributed by atoms with Gasteiger partial charge in [-0.05, 0) is 60.7 Å². The van der Waals surface area contributed by atoms with Crippen LogP contribution in [0.5, 0.6) is 11.5 Å². The van der Waals surface area contributed by atoms with Gasteiger partial charge in [-0.2, -0.15) is 0 Å². The van der Waals surface area contributed by atoms with Crippen LogP contribution in [0.25, 0.3) is 49.7 Å². The first-order valence-corrected chi connectivity index (χ1v) is 14.2. The van der Waals surface area contributed by atoms with Crippen LogP contribution < -0.4 is 9.64 Å². The van der Waals surface area contributed by atoms with E-state index in [9.17, 15) is 0 Å². The van der Waals surface area contributed by atoms with Gasteiger partial charge < -0.3 is 9.64 Å². The number of benzene rings is 4. The number of hydrogen-bond donors (Lipinski definition) is 0. The predicted molar refractivity (Wildman–Crippen MR) is 167 cm³/mol. The molecule has 0 saturated carbocycles. The third kappa shape index (κ3) is 4.27. The Bertz CT molecular complexity index is 2060. The lowest BCUT2D eigenvalue weighted by Crippen LogP contribution is -2.17. The molecular formula is C36H28N4O. The molecule has 0 aliphatic carbocycles. The fourth-order valence-electron chi connectivity index (χ4n) is 6.06. The van der Waals surface area contributed by atoms with Gasteiger partial charge in [0.05, 0.1) is 16.7 Å². The molecule has 0 radical (unpaired) electrons. The Morgan fingerprint density at radius 3 is 2.34 bits per heavy atom. The van der Waals surface area contributed by atoms with Gasteiger partial charge in [-0.15, -0.1) is 0 Å². The Hall–Kier alpha value is -5.16. The van der Waals surface area contributed by atoms with E-state index in [1.165, 1.54) is 34.7 Å². The number of hydrogen-bond acceptors (Lipinski definition) is 4. The molecule has 1 fully saturated rings. The molecule has 1 saturated heterocycles. The number of pyridine rings is 2. The molecule has 198 valence electrons. The first-order chi connectivity index (χ1) is 20.3. The van der Waals surface area contributed by atoms with Crippen molar-refractivity contribution in [1.29, 1.82) is 0 Å². The molecule has 4 aromatic carbocycles. The fourth-order valence-corrected chi connectivity index (χ4v) is 6.06. The number of ether oxygens (including phenoxy) is 1. The van der Waals surface area contributed by atoms with E-state index in [0.717, 1.165) is 58.1 Å². The minimum Gasteiger partial charge on any atom is -0.457 e. The third-order valence-electron chi connectivity index (χ3n) is 8.07. The van der Waals surface area contributed by atoms with Crippen LogP contribution in [0.1, 0.15) is 12.8 Å². The zero-order valence-corrected chi connectivity index (χ0v) is 22.6. The molecule has 5 heteroatoms. The lowest BCUT2D eigenvalue weighted by atomic mass is 10.1. The van der Waals surface area contributed by atoms with Crippen molar-refractivity contribution in [3.63, 3.8) is 0 Å². The molecule has 0 bridgehead atoms. The quantitative estimate of drug-likeness (QED) is 0.222. The molecule has 0 N–H and O–H groups in total. The molecule has 0 unspecified atom stereocenters. The minimum atomic E-state index is 0.772. The first-order valence-electron chi connectivity index (χ1n) is 14.2. The zero-order valence-electron chi connectivity index (χ0n) is 22.6. The smallest absolute Gasteiger partial charge is 0.139 e. The summed E-state index contributed by atoms with van der Waals surface area (Å²) in [5, 5.41) is 4.68. The average Bonchev–Trinajstić information content (AvgIpc) is 3.68. The number of fused-ring (bicyclic) bond motifs is 4. The van der Waals surface area contributed by atoms with E-state index in [4.69, 9.17) is 14.7 Å². The maximum absolute atomic E-state index is 6.46. The molecule has 41 heavy (non-hydrogen) atoms. The van der Waals surface area contributed by atoms with Gasteiger partial charge in [0.2, 0.25) is 0 Å². The highest BCUT2D eigenvalue weighted by molar-refractivity contribution is 6.09. The van der Waals surface area contributed by atoms with E-state index >= 15 is 0 Å². The summed E-state index contributed by atoms with van der Waals surface area (Å²) in [6.45, 7) is 2.20. The number of nitrogens with zero attached hydrogens (tertiary/aromatic N) is 4. The number of anilines is 1. The number of rotatable bonds is 5. The van der Waals surface area contributed by atoms with Crippen LogP contribution in [-0.4, -0.2) is 27.6 Å². The SMILES string of the molecule is c1cc(Oc2ccc3c4ccccc4n(-c4cc(N5CCCC5)ccn4)c3c2)cc(-c2cc3ccccc3cn2)c1. The maximum Gasteiger partial charge on any atom is 0.139 e. The second-order valence-corrected chi connectivity index (χ2v) is 10.6. The van der Waals surface area contributed by atoms with E-state index in [-0.39, 0.29) is 0 Å². The van der Waals surface area contributed by atoms with E-state index in [2.05, 4.69) is 94.4 Å². The molecular weight excluding hydrogens is 504 g/mol. The Kier molecular flexibility index (Phi) is 5.66. The highest BCUT2D eigenvalue weighted by Gasteiger charge is 2.17. The van der Waals surface area contributed by atoms with Gasteiger partial charge in [-0.25, -0.2) is 4.98 Å². The monoisotopic (exact) mass is 532 g/mol. The molecule has 0 amide bonds. The van der Waals surface area contributed by atoms with Crippen LogP contribution in [0.3, 0.4) is 0 Å². The predicted octanol–water partition coefficient (Wildman–Crippen LogP) is 8.79. The third-order valence-corrected chi connectivity index (χ3v) is 8.07. The lowest BCUT2D eigenvalue weighted by molar-refractivity contribution is 0.483. The Morgan fingerprint density at radius 1 is 0.610 bits per heavy atom. The fraction of sp³-hybridized carbons (Fsp3) is 0.111. The van der Waals surface area contributed by atoms with Crippen molar-refractivity contribution in [1.82, 2.24) is 14.5 Å². The van der Waals surface area contributed by atoms with Crippen molar-refractivity contribution >= 4 is 38.3 Å². The summed E-state index contributed by atoms with van der Waals surface area (Å²) in [5.74, 6) is 2.47. The number of aromatic nitrogens is 3. The molecule has 8 rings (SSSR count). The highest BCUT2D eigenvalue weighted by Crippen LogP contribution is 2.36. The summed E-state index contributed by atoms with van der Waals surface area (Å²) < 4.78 is 8.71. The summed E-state index contributed by atoms with van der Waals surface area (Å²) in [6.07, 6.45) is 6.34. The number of para-hydroxylation sites is 1. The Labute approximate surface area is 238 Å². The van der Waals surface area contributed by atoms with E-state index < -0.39 is 0 Å². The van der Waals surface area contributed by atoms with E-state index in [0.29, 0.717) is 0 Å². The first kappa shape index (κ1) is 23.7. The Balaban J connectivity index is 1.19. The molecule has 5 nitrogen and oxygen atoms in total. The van der Waals surface area contributed by atoms with Crippen molar-refractivity contribution in [2.75, 3.05) is 18.0 Å². The van der Waals surface area contributed by atoms with Gasteiger partial charge in [0.1, 0.15) is 17.3 Å². The van der Waals surface area contributed by atoms with Crippen LogP contribution in [0.2, 0.25) is 0 Å². The van der Waals surface area contributed by atoms with Crippen molar-refractivity contribution in [3.8, 4) is 28.6 Å². The van der Waals surface area contributed by atoms with E-state index in [1.807, 2.05) is 36.7 Å². The van der Waals surface area contributed by atoms with Crippen LogP contribution in [0.15, 0.2) is 122 Å². The summed E-state index contributed by atoms with van der Waals surface area (Å²) >= 11 is 0. The molecule has 1 aliphatic rings. The van der Waals surface area contributed by atoms with E-state index in [1.54, 1.807) is 0 Å². The second kappa shape index (κ2) is 9.79. The molecule has 0 spiro atoms. The summed E-state index contributed by atoms with van der Waals surface area (Å²) in [6, 6.07) is 37.7. The molecule has 0 atom stereocenters. The normalized spacial score (nSPS) is 13.4. The van der Waals surface area contributed by atoms with Crippen molar-refractivity contribution in [2.45, 2.75) is 12.8 Å². The molecule has 3 aromatic heterocycles. The van der Waals surface area contributed by atoms with Gasteiger partial charge in [-0.3, -0.25) is 9.55 Å². The second-order valence-electron chi connectivity index (χ2n) is 10.6. The van der Waals surface area contributed by atoms with Gasteiger partial charge >= 0.3 is 0 Å². The van der Waals surface area contributed by atoms with Gasteiger partial charge in [0, 0.05) is 65.0 Å². The van der Waals surface area contributed by atoms with Crippen LogP contribution in [0, 0.1) is 0 Å².